The van der Waals surface area contributed by atoms with Gasteiger partial charge in [0.2, 0.25) is 0 Å². The molecule has 1 atom stereocenters. The number of carbonyl (C=O) groups is 1. The Hall–Kier alpha value is -1.32. The van der Waals surface area contributed by atoms with E-state index in [1.54, 1.807) is 6.92 Å². The van der Waals surface area contributed by atoms with Gasteiger partial charge < -0.3 is 5.73 Å². The van der Waals surface area contributed by atoms with Crippen LogP contribution in [0.5, 0.6) is 0 Å². The molecule has 0 aliphatic carbocycles. The highest BCUT2D eigenvalue weighted by Crippen LogP contribution is 2.02. The Labute approximate surface area is 101 Å². The fourth-order valence-corrected chi connectivity index (χ4v) is 1.27. The van der Waals surface area contributed by atoms with Crippen LogP contribution >= 0.6 is 12.2 Å². The monoisotopic (exact) mass is 239 g/mol. The number of hydrogen-bond donors (Lipinski definition) is 1. The summed E-state index contributed by atoms with van der Waals surface area (Å²) < 4.78 is 0. The highest BCUT2D eigenvalue weighted by atomic mass is 32.1. The lowest BCUT2D eigenvalue weighted by atomic mass is 10.2. The van der Waals surface area contributed by atoms with Crippen LogP contribution in [0.2, 0.25) is 0 Å². The first-order chi connectivity index (χ1) is 7.51. The summed E-state index contributed by atoms with van der Waals surface area (Å²) in [4.78, 5) is 19.1. The van der Waals surface area contributed by atoms with Crippen molar-refractivity contribution in [2.45, 2.75) is 39.7 Å². The number of nitrogens with two attached hydrogens (primary N) is 1. The smallest absolute Gasteiger partial charge is 0.304 e. The van der Waals surface area contributed by atoms with Crippen LogP contribution in [-0.4, -0.2) is 22.8 Å². The molecule has 0 aromatic heterocycles. The first-order valence-electron chi connectivity index (χ1n) is 5.15. The Morgan fingerprint density at radius 3 is 2.69 bits per heavy atom. The lowest BCUT2D eigenvalue weighted by Crippen LogP contribution is -2.14. The fraction of sp³-hybridized carbons (Fsp3) is 0.545. The third-order valence-electron chi connectivity index (χ3n) is 1.80. The Balaban J connectivity index is 5.00. The molecule has 4 nitrogen and oxygen atoms in total. The molecule has 16 heavy (non-hydrogen) atoms. The molecule has 2 N–H and O–H groups in total. The molecule has 1 amide bonds. The molecule has 0 saturated carbocycles. The topological polar surface area (TPSA) is 67.8 Å². The lowest BCUT2D eigenvalue weighted by Gasteiger charge is -2.05. The Morgan fingerprint density at radius 1 is 1.62 bits per heavy atom. The second kappa shape index (κ2) is 7.91. The first-order valence-corrected chi connectivity index (χ1v) is 5.55. The number of carbonyl (C=O) groups excluding carboxylic acids is 1. The molecule has 0 aromatic carbocycles. The highest BCUT2D eigenvalue weighted by Gasteiger charge is 2.09. The molecule has 0 aliphatic rings. The number of amides is 1. The molecule has 0 spiro atoms. The predicted molar refractivity (Wildman–Crippen MR) is 69.8 cm³/mol. The van der Waals surface area contributed by atoms with Crippen molar-refractivity contribution in [3.8, 4) is 0 Å². The van der Waals surface area contributed by atoms with Gasteiger partial charge in [-0.2, -0.15) is 4.99 Å². The summed E-state index contributed by atoms with van der Waals surface area (Å²) in [5.41, 5.74) is 6.26. The molecule has 0 fully saturated rings. The van der Waals surface area contributed by atoms with Crippen LogP contribution in [0, 0.1) is 0 Å². The van der Waals surface area contributed by atoms with Crippen molar-refractivity contribution >= 4 is 29.0 Å². The zero-order chi connectivity index (χ0) is 12.6. The molecule has 1 unspecified atom stereocenters. The third kappa shape index (κ3) is 6.22. The quantitative estimate of drug-likeness (QED) is 0.590. The summed E-state index contributed by atoms with van der Waals surface area (Å²) in [5.74, 6) is -0.497. The van der Waals surface area contributed by atoms with E-state index in [2.05, 4.69) is 29.1 Å². The van der Waals surface area contributed by atoms with Crippen molar-refractivity contribution in [3.63, 3.8) is 0 Å². The van der Waals surface area contributed by atoms with E-state index in [4.69, 9.17) is 5.73 Å². The molecule has 0 aromatic rings. The van der Waals surface area contributed by atoms with E-state index < -0.39 is 5.91 Å². The zero-order valence-electron chi connectivity index (χ0n) is 9.86. The summed E-state index contributed by atoms with van der Waals surface area (Å²) >= 11 is 4.38. The van der Waals surface area contributed by atoms with Crippen molar-refractivity contribution in [1.29, 1.82) is 0 Å². The van der Waals surface area contributed by atoms with Crippen molar-refractivity contribution in [2.24, 2.45) is 15.7 Å². The van der Waals surface area contributed by atoms with Crippen LogP contribution in [0.25, 0.3) is 0 Å². The number of thiocarbonyl (C=S) groups is 1. The normalized spacial score (nSPS) is 14.2. The summed E-state index contributed by atoms with van der Waals surface area (Å²) in [7, 11) is 0. The van der Waals surface area contributed by atoms with Crippen molar-refractivity contribution in [2.75, 3.05) is 0 Å². The van der Waals surface area contributed by atoms with Crippen LogP contribution in [-0.2, 0) is 4.79 Å². The maximum atomic E-state index is 11.5. The largest absolute Gasteiger partial charge is 0.402 e. The predicted octanol–water partition coefficient (Wildman–Crippen LogP) is 2.11. The van der Waals surface area contributed by atoms with Gasteiger partial charge in [-0.1, -0.05) is 13.3 Å². The second-order valence-corrected chi connectivity index (χ2v) is 3.73. The van der Waals surface area contributed by atoms with Gasteiger partial charge in [0.05, 0.1) is 5.16 Å². The standard InChI is InChI=1S/C11H17N3OS/c1-4-5-9(3)14-10(6-8(2)12)11(15)13-7-16/h6,9H,4-5,12H2,1-3H3. The van der Waals surface area contributed by atoms with Gasteiger partial charge >= 0.3 is 5.91 Å². The van der Waals surface area contributed by atoms with Gasteiger partial charge in [0.15, 0.2) is 0 Å². The fourth-order valence-electron chi connectivity index (χ4n) is 1.19. The number of isothiocyanates is 1. The van der Waals surface area contributed by atoms with Crippen LogP contribution in [0.15, 0.2) is 21.8 Å². The zero-order valence-corrected chi connectivity index (χ0v) is 10.7. The van der Waals surface area contributed by atoms with Crippen molar-refractivity contribution in [1.82, 2.24) is 0 Å². The maximum Gasteiger partial charge on any atom is 0.304 e. The number of rotatable bonds is 5. The molecule has 5 heteroatoms. The molecular formula is C11H17N3OS. The van der Waals surface area contributed by atoms with Crippen LogP contribution < -0.4 is 5.73 Å². The number of allylic oxidation sites excluding steroid dienone is 1. The van der Waals surface area contributed by atoms with E-state index in [-0.39, 0.29) is 11.8 Å². The summed E-state index contributed by atoms with van der Waals surface area (Å²) in [6.45, 7) is 5.69. The van der Waals surface area contributed by atoms with Gasteiger partial charge in [0.1, 0.15) is 5.71 Å². The number of nitrogens with zero attached hydrogens (tertiary/aromatic N) is 2. The van der Waals surface area contributed by atoms with Crippen molar-refractivity contribution in [3.05, 3.63) is 11.8 Å². The van der Waals surface area contributed by atoms with Crippen LogP contribution in [0.1, 0.15) is 33.6 Å². The molecule has 0 aliphatic heterocycles. The van der Waals surface area contributed by atoms with Gasteiger partial charge in [-0.3, -0.25) is 9.79 Å². The molecular weight excluding hydrogens is 222 g/mol. The van der Waals surface area contributed by atoms with E-state index in [0.29, 0.717) is 5.70 Å². The minimum atomic E-state index is -0.497. The average Bonchev–Trinajstić information content (AvgIpc) is 2.16. The lowest BCUT2D eigenvalue weighted by molar-refractivity contribution is -0.111. The first kappa shape index (κ1) is 14.7. The minimum Gasteiger partial charge on any atom is -0.402 e. The van der Waals surface area contributed by atoms with E-state index in [1.165, 1.54) is 6.08 Å². The Bertz CT molecular complexity index is 350. The number of aliphatic imine (C=N–C) groups is 2. The summed E-state index contributed by atoms with van der Waals surface area (Å²) in [6, 6.07) is 0.0693. The minimum absolute atomic E-state index is 0.0693. The third-order valence-corrected chi connectivity index (χ3v) is 1.89. The van der Waals surface area contributed by atoms with Gasteiger partial charge in [-0.05, 0) is 38.6 Å². The average molecular weight is 239 g/mol. The Morgan fingerprint density at radius 2 is 2.25 bits per heavy atom. The summed E-state index contributed by atoms with van der Waals surface area (Å²) in [6.07, 6.45) is 3.42. The SMILES string of the molecule is CCCC(C)N=C(C=C(C)N)C(=O)N=C=S. The van der Waals surface area contributed by atoms with Crippen molar-refractivity contribution < 1.29 is 4.79 Å². The molecule has 0 heterocycles. The van der Waals surface area contributed by atoms with Gasteiger partial charge in [0, 0.05) is 11.7 Å². The van der Waals surface area contributed by atoms with Crippen LogP contribution in [0.4, 0.5) is 0 Å². The highest BCUT2D eigenvalue weighted by molar-refractivity contribution is 7.78. The van der Waals surface area contributed by atoms with E-state index in [1.807, 2.05) is 12.1 Å². The van der Waals surface area contributed by atoms with E-state index in [0.717, 1.165) is 12.8 Å². The molecule has 0 bridgehead atoms. The van der Waals surface area contributed by atoms with Gasteiger partial charge in [-0.25, -0.2) is 0 Å². The van der Waals surface area contributed by atoms with Gasteiger partial charge in [0.25, 0.3) is 0 Å². The van der Waals surface area contributed by atoms with Gasteiger partial charge in [-0.15, -0.1) is 0 Å². The maximum absolute atomic E-state index is 11.5. The second-order valence-electron chi connectivity index (χ2n) is 3.55. The van der Waals surface area contributed by atoms with E-state index in [9.17, 15) is 4.79 Å². The number of hydrogen-bond acceptors (Lipinski definition) is 4. The molecule has 0 radical (unpaired) electrons. The molecule has 0 rings (SSSR count). The Kier molecular flexibility index (Phi) is 7.25. The summed E-state index contributed by atoms with van der Waals surface area (Å²) in [5, 5.41) is 2.03. The molecule has 0 saturated heterocycles. The molecule has 88 valence electrons. The van der Waals surface area contributed by atoms with Crippen LogP contribution in [0.3, 0.4) is 0 Å². The van der Waals surface area contributed by atoms with E-state index >= 15 is 0 Å².